The van der Waals surface area contributed by atoms with E-state index in [1.165, 1.54) is 13.4 Å². The second-order valence-electron chi connectivity index (χ2n) is 7.32. The van der Waals surface area contributed by atoms with E-state index in [9.17, 15) is 4.79 Å². The number of nitrogens with one attached hydrogen (secondary N) is 1. The highest BCUT2D eigenvalue weighted by atomic mass is 16.8. The van der Waals surface area contributed by atoms with Gasteiger partial charge in [0.1, 0.15) is 18.1 Å². The molecule has 2 aromatic rings. The first-order chi connectivity index (χ1) is 13.4. The van der Waals surface area contributed by atoms with Crippen molar-refractivity contribution in [2.24, 2.45) is 11.0 Å². The predicted molar refractivity (Wildman–Crippen MR) is 97.6 cm³/mol. The molecule has 1 N–H and O–H groups in total. The minimum absolute atomic E-state index is 0.0357. The maximum absolute atomic E-state index is 11.6. The van der Waals surface area contributed by atoms with Gasteiger partial charge in [-0.2, -0.15) is 0 Å². The summed E-state index contributed by atoms with van der Waals surface area (Å²) in [5.74, 6) is -0.491. The monoisotopic (exact) mass is 387 g/mol. The maximum atomic E-state index is 11.6. The van der Waals surface area contributed by atoms with E-state index in [1.807, 2.05) is 30.7 Å². The van der Waals surface area contributed by atoms with Gasteiger partial charge in [0, 0.05) is 24.7 Å². The van der Waals surface area contributed by atoms with Crippen LogP contribution in [0.2, 0.25) is 0 Å². The lowest BCUT2D eigenvalue weighted by Gasteiger charge is -2.24. The van der Waals surface area contributed by atoms with Gasteiger partial charge in [-0.3, -0.25) is 0 Å². The largest absolute Gasteiger partial charge is 0.413 e. The van der Waals surface area contributed by atoms with Crippen LogP contribution >= 0.6 is 0 Å². The second kappa shape index (κ2) is 6.93. The van der Waals surface area contributed by atoms with Crippen molar-refractivity contribution in [3.8, 4) is 5.88 Å². The molecule has 0 aromatic carbocycles. The minimum atomic E-state index is -0.714. The molecule has 1 aliphatic carbocycles. The van der Waals surface area contributed by atoms with Gasteiger partial charge in [0.25, 0.3) is 0 Å². The van der Waals surface area contributed by atoms with E-state index in [0.717, 1.165) is 0 Å². The second-order valence-corrected chi connectivity index (χ2v) is 7.32. The third-order valence-electron chi connectivity index (χ3n) is 5.15. The zero-order valence-corrected chi connectivity index (χ0v) is 15.8. The normalized spacial score (nSPS) is 28.0. The van der Waals surface area contributed by atoms with E-state index < -0.39 is 11.9 Å². The number of rotatable bonds is 4. The van der Waals surface area contributed by atoms with Crippen LogP contribution in [-0.4, -0.2) is 52.2 Å². The van der Waals surface area contributed by atoms with Crippen molar-refractivity contribution in [1.29, 1.82) is 0 Å². The zero-order chi connectivity index (χ0) is 19.9. The van der Waals surface area contributed by atoms with Crippen LogP contribution in [0, 0.1) is 5.92 Å². The third kappa shape index (κ3) is 3.13. The molecule has 0 radical (unpaired) electrons. The Balaban J connectivity index is 1.70. The first-order valence-corrected chi connectivity index (χ1v) is 9.01. The van der Waals surface area contributed by atoms with Gasteiger partial charge < -0.3 is 24.1 Å². The molecule has 28 heavy (non-hydrogen) atoms. The summed E-state index contributed by atoms with van der Waals surface area (Å²) in [6, 6.07) is 1.75. The number of ether oxygens (including phenoxy) is 3. The number of fused-ring (bicyclic) bond motifs is 2. The molecular formula is C17H21N7O4. The minimum Gasteiger partial charge on any atom is -0.390 e. The number of amides is 1. The van der Waals surface area contributed by atoms with Crippen molar-refractivity contribution in [2.45, 2.75) is 44.3 Å². The average Bonchev–Trinajstić information content (AvgIpc) is 3.31. The molecule has 1 saturated carbocycles. The standard InChI is InChI=1S/C17H21N7O4/c1-17(2)27-12-9(7-22-23-18)6-11(13(12)28-17)24-5-4-10-14(24)20-8-21-15(10)26-16(25)19-3/h4-5,8-9,11-13H,6-7H2,1-3H3,(H,19,25)/t9-,11-,12-,13+/m1/s1. The van der Waals surface area contributed by atoms with Gasteiger partial charge in [-0.25, -0.2) is 14.8 Å². The van der Waals surface area contributed by atoms with E-state index >= 15 is 0 Å². The molecular weight excluding hydrogens is 366 g/mol. The van der Waals surface area contributed by atoms with Crippen molar-refractivity contribution in [3.63, 3.8) is 0 Å². The van der Waals surface area contributed by atoms with E-state index in [1.54, 1.807) is 0 Å². The maximum Gasteiger partial charge on any atom is 0.413 e. The number of carbonyl (C=O) groups excluding carboxylic acids is 1. The van der Waals surface area contributed by atoms with Crippen LogP contribution in [0.25, 0.3) is 21.5 Å². The first-order valence-electron chi connectivity index (χ1n) is 9.01. The van der Waals surface area contributed by atoms with Crippen LogP contribution in [0.3, 0.4) is 0 Å². The van der Waals surface area contributed by atoms with E-state index in [-0.39, 0.29) is 30.0 Å². The fourth-order valence-corrected chi connectivity index (χ4v) is 4.08. The fourth-order valence-electron chi connectivity index (χ4n) is 4.08. The highest BCUT2D eigenvalue weighted by Crippen LogP contribution is 2.48. The Bertz CT molecular complexity index is 952. The molecule has 1 amide bonds. The van der Waals surface area contributed by atoms with Gasteiger partial charge in [0.2, 0.25) is 5.88 Å². The van der Waals surface area contributed by atoms with Crippen LogP contribution in [-0.2, 0) is 9.47 Å². The predicted octanol–water partition coefficient (Wildman–Crippen LogP) is 2.54. The summed E-state index contributed by atoms with van der Waals surface area (Å²) < 4.78 is 19.5. The summed E-state index contributed by atoms with van der Waals surface area (Å²) in [5.41, 5.74) is 9.34. The Labute approximate surface area is 160 Å². The lowest BCUT2D eigenvalue weighted by atomic mass is 10.1. The number of carbonyl (C=O) groups is 1. The van der Waals surface area contributed by atoms with Crippen molar-refractivity contribution in [2.75, 3.05) is 13.6 Å². The van der Waals surface area contributed by atoms with Gasteiger partial charge in [-0.05, 0) is 37.8 Å². The quantitative estimate of drug-likeness (QED) is 0.486. The highest BCUT2D eigenvalue weighted by molar-refractivity contribution is 5.84. The van der Waals surface area contributed by atoms with Crippen LogP contribution in [0.5, 0.6) is 5.88 Å². The third-order valence-corrected chi connectivity index (χ3v) is 5.15. The van der Waals surface area contributed by atoms with Gasteiger partial charge in [0.05, 0.1) is 17.5 Å². The van der Waals surface area contributed by atoms with Gasteiger partial charge >= 0.3 is 6.09 Å². The molecule has 1 saturated heterocycles. The Morgan fingerprint density at radius 1 is 1.46 bits per heavy atom. The molecule has 148 valence electrons. The number of hydrogen-bond donors (Lipinski definition) is 1. The van der Waals surface area contributed by atoms with Crippen molar-refractivity contribution in [1.82, 2.24) is 19.9 Å². The summed E-state index contributed by atoms with van der Waals surface area (Å²) in [6.07, 6.45) is 2.97. The number of aromatic nitrogens is 3. The molecule has 11 nitrogen and oxygen atoms in total. The molecule has 2 fully saturated rings. The van der Waals surface area contributed by atoms with Crippen molar-refractivity contribution >= 4 is 17.1 Å². The van der Waals surface area contributed by atoms with Crippen molar-refractivity contribution < 1.29 is 19.0 Å². The van der Waals surface area contributed by atoms with E-state index in [0.29, 0.717) is 24.0 Å². The summed E-state index contributed by atoms with van der Waals surface area (Å²) in [4.78, 5) is 22.9. The Kier molecular flexibility index (Phi) is 4.58. The molecule has 1 aliphatic heterocycles. The molecule has 3 heterocycles. The molecule has 2 aliphatic rings. The number of nitrogens with zero attached hydrogens (tertiary/aromatic N) is 6. The van der Waals surface area contributed by atoms with E-state index in [2.05, 4.69) is 25.3 Å². The Morgan fingerprint density at radius 2 is 2.25 bits per heavy atom. The molecule has 0 unspecified atom stereocenters. The van der Waals surface area contributed by atoms with Crippen LogP contribution in [0.1, 0.15) is 26.3 Å². The molecule has 0 bridgehead atoms. The Hall–Kier alpha value is -2.88. The van der Waals surface area contributed by atoms with Crippen LogP contribution < -0.4 is 10.1 Å². The number of azide groups is 1. The lowest BCUT2D eigenvalue weighted by molar-refractivity contribution is -0.159. The topological polar surface area (TPSA) is 136 Å². The lowest BCUT2D eigenvalue weighted by Crippen LogP contribution is -2.27. The zero-order valence-electron chi connectivity index (χ0n) is 15.8. The van der Waals surface area contributed by atoms with Gasteiger partial charge in [0.15, 0.2) is 5.79 Å². The molecule has 4 rings (SSSR count). The summed E-state index contributed by atoms with van der Waals surface area (Å²) in [7, 11) is 1.48. The van der Waals surface area contributed by atoms with Gasteiger partial charge in [-0.15, -0.1) is 0 Å². The van der Waals surface area contributed by atoms with Crippen LogP contribution in [0.4, 0.5) is 4.79 Å². The molecule has 4 atom stereocenters. The molecule has 11 heteroatoms. The summed E-state index contributed by atoms with van der Waals surface area (Å²) in [5, 5.41) is 6.77. The fraction of sp³-hybridized carbons (Fsp3) is 0.588. The smallest absolute Gasteiger partial charge is 0.390 e. The van der Waals surface area contributed by atoms with E-state index in [4.69, 9.17) is 19.7 Å². The number of hydrogen-bond acceptors (Lipinski definition) is 7. The highest BCUT2D eigenvalue weighted by Gasteiger charge is 2.54. The molecule has 2 aromatic heterocycles. The van der Waals surface area contributed by atoms with Crippen LogP contribution in [0.15, 0.2) is 23.7 Å². The summed E-state index contributed by atoms with van der Waals surface area (Å²) in [6.45, 7) is 4.09. The molecule has 0 spiro atoms. The van der Waals surface area contributed by atoms with Gasteiger partial charge in [-0.1, -0.05) is 5.11 Å². The Morgan fingerprint density at radius 3 is 3.00 bits per heavy atom. The van der Waals surface area contributed by atoms with Crippen molar-refractivity contribution in [3.05, 3.63) is 29.0 Å². The SMILES string of the molecule is CNC(=O)Oc1ncnc2c1ccn2[C@@H]1C[C@H](CN=[N+]=[N-])[C@H]2OC(C)(C)O[C@H]21. The summed E-state index contributed by atoms with van der Waals surface area (Å²) >= 11 is 0. The first kappa shape index (κ1) is 18.5. The average molecular weight is 387 g/mol.